The summed E-state index contributed by atoms with van der Waals surface area (Å²) >= 11 is 0. The minimum Gasteiger partial charge on any atom is -0.378 e. The van der Waals surface area contributed by atoms with Crippen LogP contribution in [-0.4, -0.2) is 62.6 Å². The molecule has 7 heteroatoms. The van der Waals surface area contributed by atoms with Gasteiger partial charge in [-0.1, -0.05) is 43.3 Å². The Balaban J connectivity index is 0.000000165. The van der Waals surface area contributed by atoms with Crippen molar-refractivity contribution in [2.75, 3.05) is 62.4 Å². The molecule has 2 aromatic heterocycles. The number of benzene rings is 2. The van der Waals surface area contributed by atoms with Gasteiger partial charge in [0, 0.05) is 66.8 Å². The Morgan fingerprint density at radius 3 is 1.39 bits per heavy atom. The molecular formula is C34H37N5O2. The van der Waals surface area contributed by atoms with Gasteiger partial charge in [0.05, 0.1) is 44.6 Å². The van der Waals surface area contributed by atoms with Crippen LogP contribution in [0, 0.1) is 11.3 Å². The smallest absolute Gasteiger partial charge is 0.0774 e. The quantitative estimate of drug-likeness (QED) is 0.302. The highest BCUT2D eigenvalue weighted by molar-refractivity contribution is 5.66. The van der Waals surface area contributed by atoms with Crippen LogP contribution in [0.1, 0.15) is 18.3 Å². The predicted octanol–water partition coefficient (Wildman–Crippen LogP) is 5.80. The molecule has 0 radical (unpaired) electrons. The highest BCUT2D eigenvalue weighted by atomic mass is 16.5. The number of pyridine rings is 2. The zero-order valence-corrected chi connectivity index (χ0v) is 23.7. The molecule has 0 aliphatic carbocycles. The zero-order chi connectivity index (χ0) is 28.3. The molecule has 6 rings (SSSR count). The Morgan fingerprint density at radius 2 is 1.02 bits per heavy atom. The molecule has 0 atom stereocenters. The Morgan fingerprint density at radius 1 is 0.610 bits per heavy atom. The highest BCUT2D eigenvalue weighted by Gasteiger charge is 2.12. The number of aryl methyl sites for hydroxylation is 1. The second-order valence-corrected chi connectivity index (χ2v) is 10.1. The van der Waals surface area contributed by atoms with Gasteiger partial charge in [-0.3, -0.25) is 9.97 Å². The van der Waals surface area contributed by atoms with Gasteiger partial charge >= 0.3 is 0 Å². The van der Waals surface area contributed by atoms with Crippen molar-refractivity contribution in [3.05, 3.63) is 96.6 Å². The van der Waals surface area contributed by atoms with Crippen molar-refractivity contribution in [3.8, 4) is 28.3 Å². The van der Waals surface area contributed by atoms with Gasteiger partial charge < -0.3 is 19.3 Å². The van der Waals surface area contributed by atoms with Gasteiger partial charge in [-0.15, -0.1) is 0 Å². The van der Waals surface area contributed by atoms with Gasteiger partial charge in [0.15, 0.2) is 0 Å². The first-order chi connectivity index (χ1) is 20.2. The van der Waals surface area contributed by atoms with E-state index in [4.69, 9.17) is 14.7 Å². The SMILES string of the molecule is CCc1ccc(-c2ccc(N3CCOCC3)cc2)cn1.N#CCc1ccc(-c2ccc(N3CCOCC3)cc2)cn1. The van der Waals surface area contributed by atoms with E-state index >= 15 is 0 Å². The number of hydrogen-bond donors (Lipinski definition) is 0. The maximum Gasteiger partial charge on any atom is 0.0774 e. The molecule has 2 aliphatic heterocycles. The van der Waals surface area contributed by atoms with Crippen LogP contribution in [0.5, 0.6) is 0 Å². The summed E-state index contributed by atoms with van der Waals surface area (Å²) in [5.41, 5.74) is 9.07. The van der Waals surface area contributed by atoms with Crippen LogP contribution in [0.4, 0.5) is 11.4 Å². The topological polar surface area (TPSA) is 74.5 Å². The molecule has 0 saturated carbocycles. The van der Waals surface area contributed by atoms with Gasteiger partial charge in [0.1, 0.15) is 0 Å². The Labute approximate surface area is 243 Å². The number of rotatable bonds is 6. The fraction of sp³-hybridized carbons (Fsp3) is 0.324. The third kappa shape index (κ3) is 7.69. The summed E-state index contributed by atoms with van der Waals surface area (Å²) < 4.78 is 10.8. The Bertz CT molecular complexity index is 1390. The summed E-state index contributed by atoms with van der Waals surface area (Å²) in [7, 11) is 0. The molecule has 2 saturated heterocycles. The number of ether oxygens (including phenoxy) is 2. The van der Waals surface area contributed by atoms with Crippen molar-refractivity contribution >= 4 is 11.4 Å². The van der Waals surface area contributed by atoms with Gasteiger partial charge in [-0.05, 0) is 53.9 Å². The molecule has 2 aliphatic rings. The molecule has 2 aromatic carbocycles. The van der Waals surface area contributed by atoms with Crippen LogP contribution < -0.4 is 9.80 Å². The maximum absolute atomic E-state index is 8.66. The van der Waals surface area contributed by atoms with Crippen LogP contribution in [0.2, 0.25) is 0 Å². The van der Waals surface area contributed by atoms with E-state index in [2.05, 4.69) is 93.4 Å². The average Bonchev–Trinajstić information content (AvgIpc) is 3.07. The van der Waals surface area contributed by atoms with Crippen molar-refractivity contribution in [2.45, 2.75) is 19.8 Å². The van der Waals surface area contributed by atoms with Crippen LogP contribution in [0.3, 0.4) is 0 Å². The maximum atomic E-state index is 8.66. The summed E-state index contributed by atoms with van der Waals surface area (Å²) in [5.74, 6) is 0. The molecule has 210 valence electrons. The van der Waals surface area contributed by atoms with Crippen molar-refractivity contribution in [2.24, 2.45) is 0 Å². The second-order valence-electron chi connectivity index (χ2n) is 10.1. The summed E-state index contributed by atoms with van der Waals surface area (Å²) in [6.45, 7) is 9.22. The summed E-state index contributed by atoms with van der Waals surface area (Å²) in [4.78, 5) is 13.5. The standard InChI is InChI=1S/C17H17N3O.C17H20N2O/c18-8-7-16-4-1-15(13-19-16)14-2-5-17(6-3-14)20-9-11-21-12-10-20;1-2-16-6-3-15(13-18-16)14-4-7-17(8-5-14)19-9-11-20-12-10-19/h1-6,13H,7,9-12H2;3-8,13H,2,9-12H2,1H3. The van der Waals surface area contributed by atoms with Gasteiger partial charge in [0.25, 0.3) is 0 Å². The number of nitrogens with zero attached hydrogens (tertiary/aromatic N) is 5. The molecule has 0 amide bonds. The van der Waals surface area contributed by atoms with E-state index in [0.717, 1.165) is 81.5 Å². The number of nitriles is 1. The molecule has 4 heterocycles. The largest absolute Gasteiger partial charge is 0.378 e. The molecule has 0 bridgehead atoms. The van der Waals surface area contributed by atoms with Gasteiger partial charge in [0.2, 0.25) is 0 Å². The van der Waals surface area contributed by atoms with Crippen LogP contribution in [0.15, 0.2) is 85.2 Å². The van der Waals surface area contributed by atoms with E-state index in [0.29, 0.717) is 6.42 Å². The van der Waals surface area contributed by atoms with Crippen molar-refractivity contribution in [1.82, 2.24) is 9.97 Å². The molecule has 2 fully saturated rings. The minimum absolute atomic E-state index is 0.357. The van der Waals surface area contributed by atoms with Crippen molar-refractivity contribution < 1.29 is 9.47 Å². The average molecular weight is 548 g/mol. The van der Waals surface area contributed by atoms with E-state index < -0.39 is 0 Å². The Kier molecular flexibility index (Phi) is 9.94. The third-order valence-corrected chi connectivity index (χ3v) is 7.43. The number of anilines is 2. The fourth-order valence-corrected chi connectivity index (χ4v) is 4.96. The fourth-order valence-electron chi connectivity index (χ4n) is 4.96. The van der Waals surface area contributed by atoms with Crippen LogP contribution in [0.25, 0.3) is 22.3 Å². The molecule has 4 aromatic rings. The van der Waals surface area contributed by atoms with E-state index in [1.54, 1.807) is 0 Å². The first kappa shape index (κ1) is 28.3. The highest BCUT2D eigenvalue weighted by Crippen LogP contribution is 2.25. The zero-order valence-electron chi connectivity index (χ0n) is 23.7. The molecule has 0 N–H and O–H groups in total. The summed E-state index contributed by atoms with van der Waals surface area (Å²) in [6, 6.07) is 27.5. The first-order valence-electron chi connectivity index (χ1n) is 14.4. The minimum atomic E-state index is 0.357. The molecule has 0 unspecified atom stereocenters. The van der Waals surface area contributed by atoms with E-state index in [-0.39, 0.29) is 0 Å². The van der Waals surface area contributed by atoms with Crippen molar-refractivity contribution in [3.63, 3.8) is 0 Å². The van der Waals surface area contributed by atoms with Crippen molar-refractivity contribution in [1.29, 1.82) is 5.26 Å². The van der Waals surface area contributed by atoms with E-state index in [1.807, 2.05) is 24.5 Å². The lowest BCUT2D eigenvalue weighted by atomic mass is 10.1. The number of hydrogen-bond acceptors (Lipinski definition) is 7. The Hall–Kier alpha value is -4.25. The monoisotopic (exact) mass is 547 g/mol. The normalized spacial score (nSPS) is 15.0. The summed E-state index contributed by atoms with van der Waals surface area (Å²) in [6.07, 6.45) is 5.13. The second kappa shape index (κ2) is 14.4. The lowest BCUT2D eigenvalue weighted by molar-refractivity contribution is 0.122. The van der Waals surface area contributed by atoms with Gasteiger partial charge in [-0.2, -0.15) is 5.26 Å². The summed E-state index contributed by atoms with van der Waals surface area (Å²) in [5, 5.41) is 8.66. The number of morpholine rings is 2. The predicted molar refractivity (Wildman–Crippen MR) is 164 cm³/mol. The first-order valence-corrected chi connectivity index (χ1v) is 14.4. The van der Waals surface area contributed by atoms with Crippen LogP contribution in [-0.2, 0) is 22.3 Å². The molecular weight excluding hydrogens is 510 g/mol. The van der Waals surface area contributed by atoms with E-state index in [9.17, 15) is 0 Å². The molecule has 7 nitrogen and oxygen atoms in total. The van der Waals surface area contributed by atoms with E-state index in [1.165, 1.54) is 22.5 Å². The number of aromatic nitrogens is 2. The lowest BCUT2D eigenvalue weighted by Crippen LogP contribution is -2.36. The third-order valence-electron chi connectivity index (χ3n) is 7.43. The molecule has 0 spiro atoms. The lowest BCUT2D eigenvalue weighted by Gasteiger charge is -2.28. The van der Waals surface area contributed by atoms with Crippen LogP contribution >= 0.6 is 0 Å². The van der Waals surface area contributed by atoms with Gasteiger partial charge in [-0.25, -0.2) is 0 Å². The molecule has 41 heavy (non-hydrogen) atoms.